The molecule has 1 N–H and O–H groups in total. The number of ether oxygens (including phenoxy) is 1. The number of carbonyl (C=O) groups excluding carboxylic acids is 1. The van der Waals surface area contributed by atoms with Crippen LogP contribution in [0.2, 0.25) is 0 Å². The van der Waals surface area contributed by atoms with Gasteiger partial charge in [-0.3, -0.25) is 9.59 Å². The summed E-state index contributed by atoms with van der Waals surface area (Å²) in [4.78, 5) is 25.1. The Balaban J connectivity index is 2.10. The van der Waals surface area contributed by atoms with Gasteiger partial charge in [0.05, 0.1) is 12.5 Å². The third-order valence-corrected chi connectivity index (χ3v) is 3.45. The maximum Gasteiger partial charge on any atom is 0.308 e. The smallest absolute Gasteiger partial charge is 0.308 e. The minimum atomic E-state index is -0.828. The van der Waals surface area contributed by atoms with Crippen LogP contribution in [0.25, 0.3) is 0 Å². The molecule has 5 nitrogen and oxygen atoms in total. The highest BCUT2D eigenvalue weighted by molar-refractivity contribution is 5.95. The molecule has 2 rings (SSSR count). The number of benzene rings is 1. The van der Waals surface area contributed by atoms with Crippen molar-refractivity contribution in [2.45, 2.75) is 19.8 Å². The van der Waals surface area contributed by atoms with Gasteiger partial charge in [0.15, 0.2) is 0 Å². The van der Waals surface area contributed by atoms with Crippen molar-refractivity contribution in [1.82, 2.24) is 4.90 Å². The molecule has 0 radical (unpaired) electrons. The first-order chi connectivity index (χ1) is 9.61. The molecule has 1 aromatic rings. The maximum absolute atomic E-state index is 12.4. The van der Waals surface area contributed by atoms with E-state index in [2.05, 4.69) is 0 Å². The van der Waals surface area contributed by atoms with Crippen LogP contribution >= 0.6 is 0 Å². The van der Waals surface area contributed by atoms with E-state index in [0.29, 0.717) is 30.9 Å². The standard InChI is InChI=1S/C15H19NO4/c1-2-20-13-7-3-5-11(9-13)14(17)16-8-4-6-12(10-16)15(18)19/h3,5,7,9,12H,2,4,6,8,10H2,1H3,(H,18,19)/t12-/m0/s1. The maximum atomic E-state index is 12.4. The van der Waals surface area contributed by atoms with Gasteiger partial charge in [0.2, 0.25) is 0 Å². The molecule has 1 heterocycles. The predicted molar refractivity (Wildman–Crippen MR) is 73.9 cm³/mol. The molecule has 0 spiro atoms. The van der Waals surface area contributed by atoms with Gasteiger partial charge < -0.3 is 14.7 Å². The quantitative estimate of drug-likeness (QED) is 0.914. The monoisotopic (exact) mass is 277 g/mol. The van der Waals surface area contributed by atoms with Gasteiger partial charge in [0.1, 0.15) is 5.75 Å². The zero-order valence-electron chi connectivity index (χ0n) is 11.5. The van der Waals surface area contributed by atoms with Crippen LogP contribution in [-0.2, 0) is 4.79 Å². The molecule has 0 aliphatic carbocycles. The molecular weight excluding hydrogens is 258 g/mol. The average molecular weight is 277 g/mol. The molecule has 20 heavy (non-hydrogen) atoms. The number of hydrogen-bond donors (Lipinski definition) is 1. The first kappa shape index (κ1) is 14.4. The van der Waals surface area contributed by atoms with Crippen molar-refractivity contribution >= 4 is 11.9 Å². The zero-order valence-corrected chi connectivity index (χ0v) is 11.5. The van der Waals surface area contributed by atoms with Crippen LogP contribution in [0.3, 0.4) is 0 Å². The Morgan fingerprint density at radius 2 is 2.25 bits per heavy atom. The first-order valence-corrected chi connectivity index (χ1v) is 6.86. The Labute approximate surface area is 118 Å². The van der Waals surface area contributed by atoms with Gasteiger partial charge in [-0.05, 0) is 38.0 Å². The lowest BCUT2D eigenvalue weighted by Gasteiger charge is -2.30. The summed E-state index contributed by atoms with van der Waals surface area (Å²) in [6.07, 6.45) is 1.37. The number of amides is 1. The summed E-state index contributed by atoms with van der Waals surface area (Å²) >= 11 is 0. The fraction of sp³-hybridized carbons (Fsp3) is 0.467. The van der Waals surface area contributed by atoms with Crippen LogP contribution in [0.1, 0.15) is 30.1 Å². The molecule has 0 saturated carbocycles. The third-order valence-electron chi connectivity index (χ3n) is 3.45. The summed E-state index contributed by atoms with van der Waals surface area (Å²) in [5, 5.41) is 9.06. The Morgan fingerprint density at radius 1 is 1.45 bits per heavy atom. The summed E-state index contributed by atoms with van der Waals surface area (Å²) in [5.41, 5.74) is 0.544. The van der Waals surface area contributed by atoms with Gasteiger partial charge in [0, 0.05) is 18.7 Å². The van der Waals surface area contributed by atoms with Crippen molar-refractivity contribution in [1.29, 1.82) is 0 Å². The Hall–Kier alpha value is -2.04. The second kappa shape index (κ2) is 6.41. The van der Waals surface area contributed by atoms with Crippen molar-refractivity contribution in [3.05, 3.63) is 29.8 Å². The molecule has 108 valence electrons. The van der Waals surface area contributed by atoms with E-state index in [1.54, 1.807) is 29.2 Å². The number of carboxylic acids is 1. The van der Waals surface area contributed by atoms with Gasteiger partial charge in [-0.2, -0.15) is 0 Å². The van der Waals surface area contributed by atoms with E-state index < -0.39 is 11.9 Å². The summed E-state index contributed by atoms with van der Waals surface area (Å²) < 4.78 is 5.38. The van der Waals surface area contributed by atoms with E-state index >= 15 is 0 Å². The normalized spacial score (nSPS) is 18.6. The van der Waals surface area contributed by atoms with E-state index in [1.165, 1.54) is 0 Å². The SMILES string of the molecule is CCOc1cccc(C(=O)N2CCC[C@H](C(=O)O)C2)c1. The molecule has 1 aliphatic rings. The van der Waals surface area contributed by atoms with Crippen LogP contribution in [0.4, 0.5) is 0 Å². The molecule has 1 saturated heterocycles. The summed E-state index contributed by atoms with van der Waals surface area (Å²) in [5.74, 6) is -0.754. The molecule has 0 aromatic heterocycles. The van der Waals surface area contributed by atoms with Crippen molar-refractivity contribution in [3.63, 3.8) is 0 Å². The van der Waals surface area contributed by atoms with Crippen LogP contribution in [-0.4, -0.2) is 41.6 Å². The average Bonchev–Trinajstić information content (AvgIpc) is 2.47. The van der Waals surface area contributed by atoms with Crippen molar-refractivity contribution < 1.29 is 19.4 Å². The number of piperidine rings is 1. The lowest BCUT2D eigenvalue weighted by molar-refractivity contribution is -0.143. The van der Waals surface area contributed by atoms with Gasteiger partial charge >= 0.3 is 5.97 Å². The molecule has 0 bridgehead atoms. The second-order valence-electron chi connectivity index (χ2n) is 4.89. The van der Waals surface area contributed by atoms with Crippen molar-refractivity contribution in [3.8, 4) is 5.75 Å². The number of carbonyl (C=O) groups is 2. The van der Waals surface area contributed by atoms with Crippen LogP contribution < -0.4 is 4.74 Å². The Morgan fingerprint density at radius 3 is 2.95 bits per heavy atom. The van der Waals surface area contributed by atoms with Crippen molar-refractivity contribution in [2.24, 2.45) is 5.92 Å². The van der Waals surface area contributed by atoms with E-state index in [-0.39, 0.29) is 12.5 Å². The molecule has 5 heteroatoms. The number of carboxylic acid groups (broad SMARTS) is 1. The first-order valence-electron chi connectivity index (χ1n) is 6.86. The highest BCUT2D eigenvalue weighted by Crippen LogP contribution is 2.20. The molecule has 1 fully saturated rings. The van der Waals surface area contributed by atoms with Gasteiger partial charge in [0.25, 0.3) is 5.91 Å². The topological polar surface area (TPSA) is 66.8 Å². The van der Waals surface area contributed by atoms with Crippen LogP contribution in [0.5, 0.6) is 5.75 Å². The largest absolute Gasteiger partial charge is 0.494 e. The van der Waals surface area contributed by atoms with Crippen LogP contribution in [0.15, 0.2) is 24.3 Å². The Bertz CT molecular complexity index is 500. The van der Waals surface area contributed by atoms with Gasteiger partial charge in [-0.1, -0.05) is 6.07 Å². The number of rotatable bonds is 4. The fourth-order valence-corrected chi connectivity index (χ4v) is 2.43. The molecule has 0 unspecified atom stereocenters. The molecule has 1 atom stereocenters. The van der Waals surface area contributed by atoms with E-state index in [4.69, 9.17) is 9.84 Å². The Kier molecular flexibility index (Phi) is 4.61. The van der Waals surface area contributed by atoms with Crippen LogP contribution in [0, 0.1) is 5.92 Å². The lowest BCUT2D eigenvalue weighted by Crippen LogP contribution is -2.42. The molecule has 1 aliphatic heterocycles. The molecule has 1 aromatic carbocycles. The van der Waals surface area contributed by atoms with Crippen molar-refractivity contribution in [2.75, 3.05) is 19.7 Å². The summed E-state index contributed by atoms with van der Waals surface area (Å²) in [7, 11) is 0. The lowest BCUT2D eigenvalue weighted by atomic mass is 9.97. The highest BCUT2D eigenvalue weighted by atomic mass is 16.5. The molecular formula is C15H19NO4. The predicted octanol–water partition coefficient (Wildman–Crippen LogP) is 2.02. The summed E-state index contributed by atoms with van der Waals surface area (Å²) in [6.45, 7) is 3.33. The minimum Gasteiger partial charge on any atom is -0.494 e. The number of hydrogen-bond acceptors (Lipinski definition) is 3. The number of aliphatic carboxylic acids is 1. The molecule has 1 amide bonds. The number of likely N-dealkylation sites (tertiary alicyclic amines) is 1. The highest BCUT2D eigenvalue weighted by Gasteiger charge is 2.28. The van der Waals surface area contributed by atoms with E-state index in [9.17, 15) is 9.59 Å². The third kappa shape index (κ3) is 3.29. The second-order valence-corrected chi connectivity index (χ2v) is 4.89. The minimum absolute atomic E-state index is 0.127. The zero-order chi connectivity index (χ0) is 14.5. The van der Waals surface area contributed by atoms with E-state index in [1.807, 2.05) is 6.92 Å². The fourth-order valence-electron chi connectivity index (χ4n) is 2.43. The van der Waals surface area contributed by atoms with Gasteiger partial charge in [-0.15, -0.1) is 0 Å². The van der Waals surface area contributed by atoms with Gasteiger partial charge in [-0.25, -0.2) is 0 Å². The van der Waals surface area contributed by atoms with E-state index in [0.717, 1.165) is 6.42 Å². The number of nitrogens with zero attached hydrogens (tertiary/aromatic N) is 1. The summed E-state index contributed by atoms with van der Waals surface area (Å²) in [6, 6.07) is 7.01.